The van der Waals surface area contributed by atoms with Crippen LogP contribution in [0.3, 0.4) is 0 Å². The molecule has 0 aliphatic heterocycles. The number of benzene rings is 7. The van der Waals surface area contributed by atoms with E-state index in [9.17, 15) is 14.3 Å². The van der Waals surface area contributed by atoms with E-state index >= 15 is 0 Å². The molecule has 0 aliphatic carbocycles. The molecule has 0 unspecified atom stereocenters. The highest BCUT2D eigenvalue weighted by molar-refractivity contribution is 5.98. The number of aryl methyl sites for hydroxylation is 1. The van der Waals surface area contributed by atoms with Crippen LogP contribution in [0.2, 0.25) is 0 Å². The summed E-state index contributed by atoms with van der Waals surface area (Å²) in [4.78, 5) is 10.5. The molecule has 0 bridgehead atoms. The highest BCUT2D eigenvalue weighted by Crippen LogP contribution is 2.46. The van der Waals surface area contributed by atoms with E-state index in [1.54, 1.807) is 13.8 Å². The molecule has 2 heterocycles. The zero-order chi connectivity index (χ0) is 55.1. The summed E-state index contributed by atoms with van der Waals surface area (Å²) in [6.07, 6.45) is 1.83. The number of aliphatic hydroxyl groups is 1. The number of fused-ring (bicyclic) bond motifs is 1. The molecule has 372 valence electrons. The van der Waals surface area contributed by atoms with Gasteiger partial charge in [-0.25, -0.2) is 4.98 Å². The van der Waals surface area contributed by atoms with Crippen LogP contribution < -0.4 is 0 Å². The average molecular weight is 967 g/mol. The fourth-order valence-electron chi connectivity index (χ4n) is 9.70. The standard InChI is InChI=1S/C68H73N3O2/c1-42-32-45(48-36-52(64(2,3)4)39-53(37-48)65(5,6)7)26-29-59(42)71-60-23-19-22-55(61(60)70-63(71)56-40-54(66(8,9)10)41-57(62(56)72)67(11,12)13)49-33-47(43-20-17-16-18-21-43)34-50(35-49)58-38-46(30-31-69-58)44-24-27-51(28-25-44)68(14,15)73/h16-41,72-73H,1-15H3/i1D3. The fraction of sp³-hybridized carbons (Fsp3) is 0.294. The molecule has 5 nitrogen and oxygen atoms in total. The van der Waals surface area contributed by atoms with Crippen LogP contribution in [0.5, 0.6) is 5.75 Å². The number of hydrogen-bond donors (Lipinski definition) is 2. The normalized spacial score (nSPS) is 13.5. The predicted molar refractivity (Wildman–Crippen MR) is 308 cm³/mol. The molecule has 5 heteroatoms. The lowest BCUT2D eigenvalue weighted by Gasteiger charge is -2.27. The smallest absolute Gasteiger partial charge is 0.149 e. The molecule has 0 spiro atoms. The van der Waals surface area contributed by atoms with Gasteiger partial charge in [0.1, 0.15) is 11.6 Å². The van der Waals surface area contributed by atoms with Gasteiger partial charge in [0.2, 0.25) is 0 Å². The lowest BCUT2D eigenvalue weighted by molar-refractivity contribution is 0.0786. The average Bonchev–Trinajstić information content (AvgIpc) is 3.74. The molecular formula is C68H73N3O2. The van der Waals surface area contributed by atoms with Crippen LogP contribution in [-0.4, -0.2) is 24.7 Å². The van der Waals surface area contributed by atoms with Crippen molar-refractivity contribution < 1.29 is 14.3 Å². The van der Waals surface area contributed by atoms with E-state index in [1.807, 2.05) is 95.7 Å². The highest BCUT2D eigenvalue weighted by atomic mass is 16.3. The molecule has 0 radical (unpaired) electrons. The van der Waals surface area contributed by atoms with Crippen LogP contribution in [0.25, 0.3) is 83.9 Å². The first-order valence-corrected chi connectivity index (χ1v) is 25.6. The van der Waals surface area contributed by atoms with Gasteiger partial charge in [-0.1, -0.05) is 180 Å². The van der Waals surface area contributed by atoms with Crippen LogP contribution in [0.1, 0.15) is 134 Å². The summed E-state index contributed by atoms with van der Waals surface area (Å²) in [5.41, 5.74) is 14.6. The first-order chi connectivity index (χ1) is 35.4. The summed E-state index contributed by atoms with van der Waals surface area (Å²) in [5.74, 6) is 0.539. The van der Waals surface area contributed by atoms with E-state index in [1.165, 1.54) is 11.1 Å². The number of phenols is 1. The van der Waals surface area contributed by atoms with E-state index in [0.29, 0.717) is 28.1 Å². The second-order valence-corrected chi connectivity index (χ2v) is 24.6. The molecule has 9 rings (SSSR count). The van der Waals surface area contributed by atoms with Gasteiger partial charge < -0.3 is 10.2 Å². The molecule has 0 fully saturated rings. The zero-order valence-corrected chi connectivity index (χ0v) is 45.2. The van der Waals surface area contributed by atoms with Gasteiger partial charge in [-0.3, -0.25) is 9.55 Å². The van der Waals surface area contributed by atoms with Crippen LogP contribution in [-0.2, 0) is 27.3 Å². The van der Waals surface area contributed by atoms with Crippen molar-refractivity contribution in [2.45, 2.75) is 131 Å². The van der Waals surface area contributed by atoms with Crippen LogP contribution in [0.15, 0.2) is 158 Å². The van der Waals surface area contributed by atoms with Gasteiger partial charge in [0, 0.05) is 27.0 Å². The number of pyridine rings is 1. The van der Waals surface area contributed by atoms with Crippen LogP contribution in [0.4, 0.5) is 0 Å². The zero-order valence-electron chi connectivity index (χ0n) is 48.2. The Morgan fingerprint density at radius 3 is 1.64 bits per heavy atom. The quantitative estimate of drug-likeness (QED) is 0.159. The summed E-state index contributed by atoms with van der Waals surface area (Å²) >= 11 is 0. The summed E-state index contributed by atoms with van der Waals surface area (Å²) in [6, 6.07) is 51.5. The Morgan fingerprint density at radius 2 is 1.03 bits per heavy atom. The van der Waals surface area contributed by atoms with Crippen LogP contribution in [0, 0.1) is 6.85 Å². The lowest BCUT2D eigenvalue weighted by Crippen LogP contribution is -2.17. The topological polar surface area (TPSA) is 71.2 Å². The number of para-hydroxylation sites is 1. The van der Waals surface area contributed by atoms with Crippen molar-refractivity contribution in [1.82, 2.24) is 14.5 Å². The van der Waals surface area contributed by atoms with Crippen molar-refractivity contribution >= 4 is 11.0 Å². The second kappa shape index (κ2) is 18.4. The number of hydrogen-bond acceptors (Lipinski definition) is 4. The number of aromatic nitrogens is 3. The van der Waals surface area contributed by atoms with Gasteiger partial charge in [0.05, 0.1) is 33.6 Å². The second-order valence-electron chi connectivity index (χ2n) is 24.6. The van der Waals surface area contributed by atoms with Crippen LogP contribution >= 0.6 is 0 Å². The predicted octanol–water partition coefficient (Wildman–Crippen LogP) is 17.9. The number of imidazole rings is 1. The fourth-order valence-corrected chi connectivity index (χ4v) is 9.70. The van der Waals surface area contributed by atoms with Crippen molar-refractivity contribution in [3.8, 4) is 78.6 Å². The molecule has 0 atom stereocenters. The minimum Gasteiger partial charge on any atom is -0.507 e. The third kappa shape index (κ3) is 10.3. The Morgan fingerprint density at radius 1 is 0.452 bits per heavy atom. The van der Waals surface area contributed by atoms with Gasteiger partial charge in [-0.05, 0) is 164 Å². The summed E-state index contributed by atoms with van der Waals surface area (Å²) in [7, 11) is 0. The third-order valence-corrected chi connectivity index (χ3v) is 14.3. The molecule has 0 aliphatic rings. The van der Waals surface area contributed by atoms with Gasteiger partial charge in [-0.2, -0.15) is 0 Å². The molecule has 0 saturated heterocycles. The Kier molecular flexibility index (Phi) is 11.9. The molecular weight excluding hydrogens is 891 g/mol. The van der Waals surface area contributed by atoms with E-state index in [-0.39, 0.29) is 27.6 Å². The summed E-state index contributed by atoms with van der Waals surface area (Å²) < 4.78 is 29.7. The SMILES string of the molecule is [2H]C([2H])([2H])c1cc(-c2cc(C(C)(C)C)cc(C(C)(C)C)c2)ccc1-n1c(-c2cc(C(C)(C)C)cc(C(C)(C)C)c2O)nc2c(-c3cc(-c4ccccc4)cc(-c4cc(-c5ccc(C(C)(C)O)cc5)ccn4)c3)cccc21. The molecule has 7 aromatic carbocycles. The maximum atomic E-state index is 12.7. The Bertz CT molecular complexity index is 3610. The molecule has 73 heavy (non-hydrogen) atoms. The van der Waals surface area contributed by atoms with Crippen molar-refractivity contribution in [3.63, 3.8) is 0 Å². The van der Waals surface area contributed by atoms with E-state index in [4.69, 9.17) is 9.97 Å². The maximum Gasteiger partial charge on any atom is 0.149 e. The monoisotopic (exact) mass is 967 g/mol. The van der Waals surface area contributed by atoms with Gasteiger partial charge in [-0.15, -0.1) is 0 Å². The first-order valence-electron chi connectivity index (χ1n) is 27.1. The number of nitrogens with zero attached hydrogens (tertiary/aromatic N) is 3. The molecule has 0 saturated carbocycles. The summed E-state index contributed by atoms with van der Waals surface area (Å²) in [5, 5.41) is 23.3. The van der Waals surface area contributed by atoms with E-state index in [0.717, 1.165) is 72.5 Å². The minimum absolute atomic E-state index is 0.105. The largest absolute Gasteiger partial charge is 0.507 e. The maximum absolute atomic E-state index is 12.7. The lowest BCUT2D eigenvalue weighted by atomic mass is 9.78. The van der Waals surface area contributed by atoms with Gasteiger partial charge in [0.15, 0.2) is 0 Å². The number of rotatable bonds is 8. The summed E-state index contributed by atoms with van der Waals surface area (Å²) in [6.45, 7) is 27.1. The molecule has 2 aromatic heterocycles. The number of phenolic OH excluding ortho intramolecular Hbond substituents is 1. The third-order valence-electron chi connectivity index (χ3n) is 14.3. The minimum atomic E-state index is -2.55. The van der Waals surface area contributed by atoms with Gasteiger partial charge in [0.25, 0.3) is 0 Å². The van der Waals surface area contributed by atoms with Crippen molar-refractivity contribution in [2.75, 3.05) is 0 Å². The Labute approximate surface area is 438 Å². The first kappa shape index (κ1) is 47.0. The molecule has 9 aromatic rings. The number of aromatic hydroxyl groups is 1. The Balaban J connectivity index is 1.33. The van der Waals surface area contributed by atoms with Crippen molar-refractivity contribution in [1.29, 1.82) is 0 Å². The van der Waals surface area contributed by atoms with E-state index < -0.39 is 17.9 Å². The Hall–Kier alpha value is -7.08. The van der Waals surface area contributed by atoms with Gasteiger partial charge >= 0.3 is 0 Å². The highest BCUT2D eigenvalue weighted by Gasteiger charge is 2.30. The van der Waals surface area contributed by atoms with E-state index in [2.05, 4.69) is 150 Å². The molecule has 0 amide bonds. The van der Waals surface area contributed by atoms with Crippen molar-refractivity contribution in [3.05, 3.63) is 191 Å². The molecule has 2 N–H and O–H groups in total. The van der Waals surface area contributed by atoms with Crippen molar-refractivity contribution in [2.24, 2.45) is 0 Å².